The van der Waals surface area contributed by atoms with E-state index in [1.54, 1.807) is 0 Å². The van der Waals surface area contributed by atoms with Gasteiger partial charge in [0.05, 0.1) is 8.95 Å². The van der Waals surface area contributed by atoms with Gasteiger partial charge in [0.15, 0.2) is 0 Å². The maximum absolute atomic E-state index is 10.6. The summed E-state index contributed by atoms with van der Waals surface area (Å²) < 4.78 is 8.67. The van der Waals surface area contributed by atoms with Crippen LogP contribution in [0, 0.1) is 25.7 Å². The number of hydrogen-bond acceptors (Lipinski definition) is 2. The summed E-state index contributed by atoms with van der Waals surface area (Å²) in [6.45, 7) is 6.41. The smallest absolute Gasteiger partial charge is 0.137 e. The highest BCUT2D eigenvalue weighted by Gasteiger charge is 2.49. The van der Waals surface area contributed by atoms with E-state index in [0.29, 0.717) is 17.6 Å². The molecular weight excluding hydrogens is 468 g/mol. The predicted octanol–water partition coefficient (Wildman–Crippen LogP) is 6.89. The molecule has 1 saturated carbocycles. The van der Waals surface area contributed by atoms with Gasteiger partial charge >= 0.3 is 0 Å². The number of fused-ring (bicyclic) bond motifs is 2. The Morgan fingerprint density at radius 1 is 1.07 bits per heavy atom. The molecule has 3 atom stereocenters. The third-order valence-electron chi connectivity index (χ3n) is 6.75. The van der Waals surface area contributed by atoms with Crippen LogP contribution in [0.4, 0.5) is 0 Å². The van der Waals surface area contributed by atoms with Crippen molar-refractivity contribution in [2.24, 2.45) is 11.8 Å². The standard InChI is InChI=1S/C23H26Br2O2/c1-13-7-9-15(21(26)19(13)24)11-17-5-4-6-18-12-16-10-8-14(2)20(25)22(16)27-23(17,18)3/h7-10,17-18,26H,4-6,11-12H2,1-3H3/t17-,18-,23-/m1/s1. The van der Waals surface area contributed by atoms with Crippen molar-refractivity contribution in [1.29, 1.82) is 0 Å². The molecule has 2 nitrogen and oxygen atoms in total. The van der Waals surface area contributed by atoms with Gasteiger partial charge in [0.2, 0.25) is 0 Å². The Balaban J connectivity index is 1.69. The molecule has 0 aromatic heterocycles. The summed E-state index contributed by atoms with van der Waals surface area (Å²) in [6, 6.07) is 8.55. The first-order chi connectivity index (χ1) is 12.8. The lowest BCUT2D eigenvalue weighted by Gasteiger charge is -2.51. The van der Waals surface area contributed by atoms with Gasteiger partial charge < -0.3 is 9.84 Å². The SMILES string of the molecule is Cc1ccc(C[C@H]2CCC[C@@H]3Cc4ccc(C)c(Br)c4O[C@]23C)c(O)c1Br. The number of aromatic hydroxyl groups is 1. The zero-order chi connectivity index (χ0) is 19.3. The van der Waals surface area contributed by atoms with Crippen LogP contribution in [-0.4, -0.2) is 10.7 Å². The second-order valence-corrected chi connectivity index (χ2v) is 9.99. The minimum Gasteiger partial charge on any atom is -0.506 e. The van der Waals surface area contributed by atoms with Crippen LogP contribution in [0.15, 0.2) is 33.2 Å². The van der Waals surface area contributed by atoms with Crippen molar-refractivity contribution in [3.8, 4) is 11.5 Å². The first-order valence-corrected chi connectivity index (χ1v) is 11.3. The Bertz CT molecular complexity index is 892. The molecule has 1 aliphatic carbocycles. The predicted molar refractivity (Wildman–Crippen MR) is 117 cm³/mol. The molecule has 4 heteroatoms. The summed E-state index contributed by atoms with van der Waals surface area (Å²) >= 11 is 7.28. The number of ether oxygens (including phenoxy) is 1. The van der Waals surface area contributed by atoms with Crippen molar-refractivity contribution in [3.05, 3.63) is 55.5 Å². The fraction of sp³-hybridized carbons (Fsp3) is 0.478. The minimum absolute atomic E-state index is 0.203. The van der Waals surface area contributed by atoms with Crippen molar-refractivity contribution in [3.63, 3.8) is 0 Å². The normalized spacial score (nSPS) is 26.9. The molecule has 1 fully saturated rings. The minimum atomic E-state index is -0.203. The zero-order valence-electron chi connectivity index (χ0n) is 16.1. The van der Waals surface area contributed by atoms with E-state index in [0.717, 1.165) is 45.1 Å². The quantitative estimate of drug-likeness (QED) is 0.493. The van der Waals surface area contributed by atoms with E-state index in [2.05, 4.69) is 70.0 Å². The Hall–Kier alpha value is -1.00. The molecular formula is C23H26Br2O2. The van der Waals surface area contributed by atoms with Gasteiger partial charge in [0, 0.05) is 11.8 Å². The Kier molecular flexibility index (Phi) is 5.09. The summed E-state index contributed by atoms with van der Waals surface area (Å²) in [5.41, 5.74) is 4.40. The molecule has 2 aromatic carbocycles. The molecule has 2 aliphatic rings. The van der Waals surface area contributed by atoms with Crippen LogP contribution in [0.5, 0.6) is 11.5 Å². The molecule has 0 spiro atoms. The molecule has 0 unspecified atom stereocenters. The largest absolute Gasteiger partial charge is 0.506 e. The number of hydrogen-bond donors (Lipinski definition) is 1. The summed E-state index contributed by atoms with van der Waals surface area (Å²) in [5, 5.41) is 10.6. The average Bonchev–Trinajstić information content (AvgIpc) is 2.65. The Morgan fingerprint density at radius 3 is 2.56 bits per heavy atom. The number of phenolic OH excluding ortho intramolecular Hbond substituents is 1. The third-order valence-corrected chi connectivity index (χ3v) is 8.73. The molecule has 144 valence electrons. The molecule has 27 heavy (non-hydrogen) atoms. The highest BCUT2D eigenvalue weighted by Crippen LogP contribution is 2.51. The van der Waals surface area contributed by atoms with Crippen LogP contribution in [0.2, 0.25) is 0 Å². The lowest BCUT2D eigenvalue weighted by Crippen LogP contribution is -2.53. The summed E-state index contributed by atoms with van der Waals surface area (Å²) in [5.74, 6) is 2.32. The third kappa shape index (κ3) is 3.23. The lowest BCUT2D eigenvalue weighted by atomic mass is 9.64. The highest BCUT2D eigenvalue weighted by atomic mass is 79.9. The summed E-state index contributed by atoms with van der Waals surface area (Å²) in [7, 11) is 0. The van der Waals surface area contributed by atoms with Crippen LogP contribution >= 0.6 is 31.9 Å². The fourth-order valence-corrected chi connectivity index (χ4v) is 5.73. The van der Waals surface area contributed by atoms with Gasteiger partial charge in [-0.1, -0.05) is 30.7 Å². The molecule has 4 rings (SSSR count). The molecule has 1 heterocycles. The van der Waals surface area contributed by atoms with E-state index in [9.17, 15) is 5.11 Å². The molecule has 0 saturated heterocycles. The van der Waals surface area contributed by atoms with Gasteiger partial charge in [-0.05, 0) is 101 Å². The van der Waals surface area contributed by atoms with Crippen LogP contribution in [0.25, 0.3) is 0 Å². The molecule has 0 bridgehead atoms. The number of halogens is 2. The number of rotatable bonds is 2. The van der Waals surface area contributed by atoms with Crippen molar-refractivity contribution in [2.75, 3.05) is 0 Å². The zero-order valence-corrected chi connectivity index (χ0v) is 19.3. The molecule has 0 amide bonds. The maximum atomic E-state index is 10.6. The van der Waals surface area contributed by atoms with Crippen molar-refractivity contribution in [1.82, 2.24) is 0 Å². The molecule has 2 aromatic rings. The van der Waals surface area contributed by atoms with Crippen molar-refractivity contribution >= 4 is 31.9 Å². The number of phenols is 1. The van der Waals surface area contributed by atoms with Gasteiger partial charge in [-0.3, -0.25) is 0 Å². The average molecular weight is 494 g/mol. The van der Waals surface area contributed by atoms with E-state index < -0.39 is 0 Å². The van der Waals surface area contributed by atoms with Crippen LogP contribution in [-0.2, 0) is 12.8 Å². The number of aryl methyl sites for hydroxylation is 2. The van der Waals surface area contributed by atoms with Gasteiger partial charge in [0.1, 0.15) is 17.1 Å². The second kappa shape index (κ2) is 7.11. The topological polar surface area (TPSA) is 29.5 Å². The van der Waals surface area contributed by atoms with Gasteiger partial charge in [0.25, 0.3) is 0 Å². The summed E-state index contributed by atoms with van der Waals surface area (Å²) in [6.07, 6.45) is 5.49. The number of benzene rings is 2. The molecule has 1 aliphatic heterocycles. The van der Waals surface area contributed by atoms with E-state index in [4.69, 9.17) is 4.74 Å². The van der Waals surface area contributed by atoms with Gasteiger partial charge in [-0.2, -0.15) is 0 Å². The maximum Gasteiger partial charge on any atom is 0.137 e. The van der Waals surface area contributed by atoms with E-state index >= 15 is 0 Å². The van der Waals surface area contributed by atoms with Crippen LogP contribution in [0.3, 0.4) is 0 Å². The van der Waals surface area contributed by atoms with Crippen LogP contribution in [0.1, 0.15) is 48.4 Å². The van der Waals surface area contributed by atoms with Crippen LogP contribution < -0.4 is 4.74 Å². The molecule has 1 N–H and O–H groups in total. The molecule has 0 radical (unpaired) electrons. The fourth-order valence-electron chi connectivity index (χ4n) is 4.88. The van der Waals surface area contributed by atoms with E-state index in [1.165, 1.54) is 24.0 Å². The van der Waals surface area contributed by atoms with E-state index in [-0.39, 0.29) is 5.60 Å². The first-order valence-electron chi connectivity index (χ1n) is 9.75. The Morgan fingerprint density at radius 2 is 1.78 bits per heavy atom. The van der Waals surface area contributed by atoms with Crippen molar-refractivity contribution in [2.45, 2.75) is 58.5 Å². The van der Waals surface area contributed by atoms with E-state index in [1.807, 2.05) is 6.92 Å². The Labute approximate surface area is 178 Å². The van der Waals surface area contributed by atoms with Gasteiger partial charge in [-0.25, -0.2) is 0 Å². The highest BCUT2D eigenvalue weighted by molar-refractivity contribution is 9.11. The van der Waals surface area contributed by atoms with Gasteiger partial charge in [-0.15, -0.1) is 0 Å². The second-order valence-electron chi connectivity index (χ2n) is 8.41. The first kappa shape index (κ1) is 19.3. The monoisotopic (exact) mass is 492 g/mol. The van der Waals surface area contributed by atoms with Crippen molar-refractivity contribution < 1.29 is 9.84 Å². The lowest BCUT2D eigenvalue weighted by molar-refractivity contribution is -0.0693. The summed E-state index contributed by atoms with van der Waals surface area (Å²) in [4.78, 5) is 0.